The molecule has 0 amide bonds. The fourth-order valence-electron chi connectivity index (χ4n) is 8.35. The Morgan fingerprint density at radius 2 is 1.00 bits per heavy atom. The zero-order valence-electron chi connectivity index (χ0n) is 27.2. The summed E-state index contributed by atoms with van der Waals surface area (Å²) in [6.07, 6.45) is 30.9. The topological polar surface area (TPSA) is 24.9 Å². The van der Waals surface area contributed by atoms with Gasteiger partial charge in [0.05, 0.1) is 12.1 Å². The van der Waals surface area contributed by atoms with Crippen LogP contribution in [0, 0.1) is 9.88 Å². The standard InChI is InChI=1S/C40H48N2O2P2/c1(15-29-41(31-17-3-4-18-31)45-39-27-13-9-23-35(39)33-21-7-11-25-37(33)43-45)2-16-30-42(32-19-5-6-20-32)46-40-28-14-10-24-36(40)34-22-8-12-26-38(34)44-46/h7-14,23-28,31-32H,1-6,15-22,29-30H2/q+2. The normalized spacial score (nSPS) is 22.3. The van der Waals surface area contributed by atoms with Gasteiger partial charge >= 0.3 is 15.8 Å². The van der Waals surface area contributed by atoms with Crippen molar-refractivity contribution in [2.24, 2.45) is 0 Å². The SMILES string of the molecule is C1=CCC2=c3ccccc3=[P+](N(CCCCCCN(C3CCCC3)[P+]3=c4ccccc4=C4CC=CC=C4O3)C3CCCC3)OC2=C1. The summed E-state index contributed by atoms with van der Waals surface area (Å²) in [5, 5.41) is 2.84. The summed E-state index contributed by atoms with van der Waals surface area (Å²) in [5.74, 6) is 2.22. The molecule has 4 nitrogen and oxygen atoms in total. The van der Waals surface area contributed by atoms with Gasteiger partial charge in [-0.2, -0.15) is 0 Å². The quantitative estimate of drug-likeness (QED) is 0.179. The first-order chi connectivity index (χ1) is 22.8. The molecule has 0 saturated heterocycles. The predicted molar refractivity (Wildman–Crippen MR) is 193 cm³/mol. The number of fused-ring (bicyclic) bond motifs is 4. The smallest absolute Gasteiger partial charge is 0.269 e. The van der Waals surface area contributed by atoms with E-state index in [4.69, 9.17) is 9.05 Å². The van der Waals surface area contributed by atoms with Gasteiger partial charge in [0.1, 0.15) is 0 Å². The molecule has 0 bridgehead atoms. The third kappa shape index (κ3) is 6.15. The van der Waals surface area contributed by atoms with Gasteiger partial charge in [0.15, 0.2) is 11.5 Å². The lowest BCUT2D eigenvalue weighted by Gasteiger charge is -2.24. The first-order valence-corrected chi connectivity index (χ1v) is 20.4. The van der Waals surface area contributed by atoms with Crippen LogP contribution in [0.2, 0.25) is 0 Å². The van der Waals surface area contributed by atoms with E-state index in [2.05, 4.69) is 94.3 Å². The Labute approximate surface area is 276 Å². The van der Waals surface area contributed by atoms with E-state index in [1.807, 2.05) is 0 Å². The molecule has 2 atom stereocenters. The molecule has 6 aliphatic rings. The van der Waals surface area contributed by atoms with Crippen LogP contribution in [0.4, 0.5) is 0 Å². The van der Waals surface area contributed by atoms with E-state index in [0.717, 1.165) is 37.4 Å². The van der Waals surface area contributed by atoms with Crippen LogP contribution in [0.5, 0.6) is 0 Å². The molecular formula is C40H48N2O2P2+2. The van der Waals surface area contributed by atoms with Gasteiger partial charge in [-0.15, -0.1) is 0 Å². The maximum absolute atomic E-state index is 6.93. The lowest BCUT2D eigenvalue weighted by Crippen LogP contribution is -2.31. The van der Waals surface area contributed by atoms with E-state index in [0.29, 0.717) is 12.1 Å². The van der Waals surface area contributed by atoms with Crippen LogP contribution in [0.25, 0.3) is 11.1 Å². The number of benzene rings is 2. The Morgan fingerprint density at radius 1 is 0.565 bits per heavy atom. The molecular weight excluding hydrogens is 602 g/mol. The Kier molecular flexibility index (Phi) is 9.42. The molecule has 0 N–H and O–H groups in total. The van der Waals surface area contributed by atoms with E-state index < -0.39 is 15.8 Å². The molecule has 0 aromatic heterocycles. The van der Waals surface area contributed by atoms with Crippen LogP contribution < -0.4 is 10.4 Å². The Bertz CT molecular complexity index is 1710. The van der Waals surface area contributed by atoms with Crippen molar-refractivity contribution in [1.29, 1.82) is 0 Å². The molecule has 2 saturated carbocycles. The maximum Gasteiger partial charge on any atom is 0.412 e. The second-order valence-electron chi connectivity index (χ2n) is 13.7. The lowest BCUT2D eigenvalue weighted by molar-refractivity contribution is 0.294. The monoisotopic (exact) mass is 650 g/mol. The number of rotatable bonds is 11. The largest absolute Gasteiger partial charge is 0.412 e. The van der Waals surface area contributed by atoms with Crippen molar-refractivity contribution in [2.75, 3.05) is 13.1 Å². The minimum Gasteiger partial charge on any atom is -0.269 e. The lowest BCUT2D eigenvalue weighted by atomic mass is 10.0. The van der Waals surface area contributed by atoms with Gasteiger partial charge < -0.3 is 0 Å². The zero-order chi connectivity index (χ0) is 30.7. The molecule has 0 radical (unpaired) electrons. The Morgan fingerprint density at radius 3 is 1.46 bits per heavy atom. The van der Waals surface area contributed by atoms with Crippen molar-refractivity contribution in [3.63, 3.8) is 0 Å². The van der Waals surface area contributed by atoms with Gasteiger partial charge in [-0.05, 0) is 87.8 Å². The van der Waals surface area contributed by atoms with Crippen LogP contribution >= 0.6 is 15.8 Å². The third-order valence-electron chi connectivity index (χ3n) is 10.7. The fourth-order valence-corrected chi connectivity index (χ4v) is 13.0. The van der Waals surface area contributed by atoms with Crippen molar-refractivity contribution < 1.29 is 9.05 Å². The fraction of sp³-hybridized carbons (Fsp3) is 0.450. The first kappa shape index (κ1) is 30.6. The summed E-state index contributed by atoms with van der Waals surface area (Å²) in [5.41, 5.74) is 2.73. The van der Waals surface area contributed by atoms with Crippen molar-refractivity contribution in [2.45, 2.75) is 102 Å². The van der Waals surface area contributed by atoms with Crippen molar-refractivity contribution in [1.82, 2.24) is 9.34 Å². The van der Waals surface area contributed by atoms with Gasteiger partial charge in [0.25, 0.3) is 0 Å². The maximum atomic E-state index is 6.93. The highest BCUT2D eigenvalue weighted by molar-refractivity contribution is 7.42. The molecule has 0 spiro atoms. The highest BCUT2D eigenvalue weighted by Crippen LogP contribution is 2.47. The average molecular weight is 651 g/mol. The number of hydrogen-bond acceptors (Lipinski definition) is 4. The van der Waals surface area contributed by atoms with Crippen molar-refractivity contribution >= 4 is 27.0 Å². The van der Waals surface area contributed by atoms with Gasteiger partial charge in [0, 0.05) is 34.7 Å². The molecule has 2 unspecified atom stereocenters. The van der Waals surface area contributed by atoms with E-state index in [1.165, 1.54) is 109 Å². The van der Waals surface area contributed by atoms with Crippen LogP contribution in [0.3, 0.4) is 0 Å². The summed E-state index contributed by atoms with van der Waals surface area (Å²) in [6.45, 7) is 2.28. The molecule has 2 aromatic carbocycles. The predicted octanol–water partition coefficient (Wildman–Crippen LogP) is 9.61. The highest BCUT2D eigenvalue weighted by atomic mass is 31.1. The van der Waals surface area contributed by atoms with E-state index in [1.54, 1.807) is 0 Å². The van der Waals surface area contributed by atoms with E-state index in [-0.39, 0.29) is 0 Å². The summed E-state index contributed by atoms with van der Waals surface area (Å²) in [4.78, 5) is 2.86. The Hall–Kier alpha value is -2.74. The molecule has 2 heterocycles. The van der Waals surface area contributed by atoms with Crippen LogP contribution in [0.1, 0.15) is 89.9 Å². The summed E-state index contributed by atoms with van der Waals surface area (Å²) >= 11 is 0. The van der Waals surface area contributed by atoms with Crippen molar-refractivity contribution in [3.8, 4) is 0 Å². The van der Waals surface area contributed by atoms with Gasteiger partial charge in [0.2, 0.25) is 9.88 Å². The molecule has 8 rings (SSSR count). The minimum atomic E-state index is -0.811. The molecule has 2 fully saturated rings. The van der Waals surface area contributed by atoms with Crippen LogP contribution in [0.15, 0.2) is 96.5 Å². The summed E-state index contributed by atoms with van der Waals surface area (Å²) in [6, 6.07) is 19.5. The number of hydrogen-bond donors (Lipinski definition) is 0. The minimum absolute atomic E-state index is 0.648. The highest BCUT2D eigenvalue weighted by Gasteiger charge is 2.40. The van der Waals surface area contributed by atoms with Crippen molar-refractivity contribution in [3.05, 3.63) is 117 Å². The van der Waals surface area contributed by atoms with Gasteiger partial charge in [-0.3, -0.25) is 9.05 Å². The Balaban J connectivity index is 0.978. The molecule has 2 aliphatic heterocycles. The molecule has 46 heavy (non-hydrogen) atoms. The second-order valence-corrected chi connectivity index (χ2v) is 17.1. The number of unbranched alkanes of at least 4 members (excludes halogenated alkanes) is 3. The molecule has 6 heteroatoms. The third-order valence-corrected chi connectivity index (χ3v) is 15.1. The number of nitrogens with zero attached hydrogens (tertiary/aromatic N) is 2. The van der Waals surface area contributed by atoms with E-state index >= 15 is 0 Å². The van der Waals surface area contributed by atoms with Gasteiger partial charge in [-0.1, -0.05) is 96.4 Å². The van der Waals surface area contributed by atoms with Crippen LogP contribution in [-0.2, 0) is 9.05 Å². The molecule has 4 aliphatic carbocycles. The number of allylic oxidation sites excluding steroid dienone is 8. The zero-order valence-corrected chi connectivity index (χ0v) is 28.9. The van der Waals surface area contributed by atoms with E-state index in [9.17, 15) is 0 Å². The van der Waals surface area contributed by atoms with Gasteiger partial charge in [-0.25, -0.2) is 0 Å². The average Bonchev–Trinajstić information content (AvgIpc) is 3.85. The molecule has 238 valence electrons. The van der Waals surface area contributed by atoms with Crippen LogP contribution in [-0.4, -0.2) is 34.5 Å². The first-order valence-electron chi connectivity index (χ1n) is 18.0. The second kappa shape index (κ2) is 14.2. The molecule has 2 aromatic rings. The summed E-state index contributed by atoms with van der Waals surface area (Å²) in [7, 11) is -1.62. The summed E-state index contributed by atoms with van der Waals surface area (Å²) < 4.78 is 19.5.